The first-order valence-electron chi connectivity index (χ1n) is 6.80. The zero-order valence-electron chi connectivity index (χ0n) is 11.8. The molecule has 1 rings (SSSR count). The van der Waals surface area contributed by atoms with Gasteiger partial charge < -0.3 is 15.7 Å². The number of hydrogen-bond donors (Lipinski definition) is 3. The summed E-state index contributed by atoms with van der Waals surface area (Å²) in [4.78, 5) is 23.1. The van der Waals surface area contributed by atoms with E-state index in [0.717, 1.165) is 5.56 Å². The van der Waals surface area contributed by atoms with Crippen LogP contribution in [0.1, 0.15) is 18.9 Å². The fraction of sp³-hybridized carbons (Fsp3) is 0.467. The summed E-state index contributed by atoms with van der Waals surface area (Å²) in [5.41, 5.74) is 0.950. The van der Waals surface area contributed by atoms with Gasteiger partial charge in [0.05, 0.1) is 6.42 Å². The van der Waals surface area contributed by atoms with Crippen LogP contribution in [0, 0.1) is 5.92 Å². The Morgan fingerprint density at radius 2 is 1.85 bits per heavy atom. The lowest BCUT2D eigenvalue weighted by Crippen LogP contribution is -2.33. The summed E-state index contributed by atoms with van der Waals surface area (Å²) in [5, 5.41) is 14.2. The molecule has 20 heavy (non-hydrogen) atoms. The Bertz CT molecular complexity index is 420. The summed E-state index contributed by atoms with van der Waals surface area (Å²) >= 11 is 0. The smallest absolute Gasteiger partial charge is 0.224 e. The predicted molar refractivity (Wildman–Crippen MR) is 77.0 cm³/mol. The number of amides is 2. The van der Waals surface area contributed by atoms with Gasteiger partial charge in [0, 0.05) is 26.1 Å². The van der Waals surface area contributed by atoms with Gasteiger partial charge in [-0.3, -0.25) is 9.59 Å². The van der Waals surface area contributed by atoms with E-state index in [9.17, 15) is 9.59 Å². The molecular formula is C15H22N2O3. The van der Waals surface area contributed by atoms with Gasteiger partial charge in [-0.05, 0) is 11.5 Å². The quantitative estimate of drug-likeness (QED) is 0.647. The SMILES string of the molecule is CC(CO)CNC(=O)CCNC(=O)Cc1ccccc1. The number of benzene rings is 1. The van der Waals surface area contributed by atoms with Crippen LogP contribution in [-0.2, 0) is 16.0 Å². The number of nitrogens with one attached hydrogen (secondary N) is 2. The van der Waals surface area contributed by atoms with Crippen LogP contribution in [0.4, 0.5) is 0 Å². The molecule has 0 saturated heterocycles. The normalized spacial score (nSPS) is 11.7. The number of aliphatic hydroxyl groups is 1. The summed E-state index contributed by atoms with van der Waals surface area (Å²) in [6.45, 7) is 2.67. The van der Waals surface area contributed by atoms with Crippen molar-refractivity contribution < 1.29 is 14.7 Å². The highest BCUT2D eigenvalue weighted by Gasteiger charge is 2.06. The maximum absolute atomic E-state index is 11.6. The molecule has 0 heterocycles. The molecule has 5 nitrogen and oxygen atoms in total. The van der Waals surface area contributed by atoms with Crippen molar-refractivity contribution in [2.45, 2.75) is 19.8 Å². The molecule has 5 heteroatoms. The van der Waals surface area contributed by atoms with E-state index in [1.165, 1.54) is 0 Å². The largest absolute Gasteiger partial charge is 0.396 e. The maximum Gasteiger partial charge on any atom is 0.224 e. The highest BCUT2D eigenvalue weighted by Crippen LogP contribution is 1.99. The highest BCUT2D eigenvalue weighted by molar-refractivity contribution is 5.80. The van der Waals surface area contributed by atoms with E-state index >= 15 is 0 Å². The molecule has 2 amide bonds. The van der Waals surface area contributed by atoms with Crippen LogP contribution in [0.15, 0.2) is 30.3 Å². The van der Waals surface area contributed by atoms with Crippen LogP contribution in [0.3, 0.4) is 0 Å². The first-order chi connectivity index (χ1) is 9.61. The van der Waals surface area contributed by atoms with Gasteiger partial charge in [0.1, 0.15) is 0 Å². The summed E-state index contributed by atoms with van der Waals surface area (Å²) in [6, 6.07) is 9.46. The van der Waals surface area contributed by atoms with Gasteiger partial charge in [-0.15, -0.1) is 0 Å². The first-order valence-corrected chi connectivity index (χ1v) is 6.80. The van der Waals surface area contributed by atoms with Crippen molar-refractivity contribution in [2.24, 2.45) is 5.92 Å². The lowest BCUT2D eigenvalue weighted by Gasteiger charge is -2.10. The van der Waals surface area contributed by atoms with Gasteiger partial charge in [0.2, 0.25) is 11.8 Å². The number of rotatable bonds is 8. The number of carbonyl (C=O) groups excluding carboxylic acids is 2. The molecule has 0 aliphatic rings. The molecule has 0 aliphatic heterocycles. The van der Waals surface area contributed by atoms with E-state index in [1.807, 2.05) is 37.3 Å². The standard InChI is InChI=1S/C15H22N2O3/c1-12(11-18)10-17-14(19)7-8-16-15(20)9-13-5-3-2-4-6-13/h2-6,12,18H,7-11H2,1H3,(H,16,20)(H,17,19). The third kappa shape index (κ3) is 6.89. The molecule has 0 aromatic heterocycles. The Morgan fingerprint density at radius 1 is 1.15 bits per heavy atom. The minimum atomic E-state index is -0.120. The second-order valence-corrected chi connectivity index (χ2v) is 4.85. The average Bonchev–Trinajstić information content (AvgIpc) is 2.45. The molecule has 110 valence electrons. The topological polar surface area (TPSA) is 78.4 Å². The van der Waals surface area contributed by atoms with Crippen molar-refractivity contribution >= 4 is 11.8 Å². The monoisotopic (exact) mass is 278 g/mol. The van der Waals surface area contributed by atoms with Crippen molar-refractivity contribution in [1.82, 2.24) is 10.6 Å². The zero-order chi connectivity index (χ0) is 14.8. The van der Waals surface area contributed by atoms with Crippen LogP contribution in [0.25, 0.3) is 0 Å². The summed E-state index contributed by atoms with van der Waals surface area (Å²) < 4.78 is 0. The molecule has 0 radical (unpaired) electrons. The van der Waals surface area contributed by atoms with Crippen molar-refractivity contribution in [1.29, 1.82) is 0 Å². The second-order valence-electron chi connectivity index (χ2n) is 4.85. The van der Waals surface area contributed by atoms with Crippen LogP contribution >= 0.6 is 0 Å². The van der Waals surface area contributed by atoms with E-state index in [-0.39, 0.29) is 30.8 Å². The Labute approximate surface area is 119 Å². The molecule has 0 spiro atoms. The fourth-order valence-electron chi connectivity index (χ4n) is 1.60. The predicted octanol–water partition coefficient (Wildman–Crippen LogP) is 0.480. The fourth-order valence-corrected chi connectivity index (χ4v) is 1.60. The molecule has 0 saturated carbocycles. The summed E-state index contributed by atoms with van der Waals surface area (Å²) in [7, 11) is 0. The molecule has 0 bridgehead atoms. The summed E-state index contributed by atoms with van der Waals surface area (Å²) in [5.74, 6) is -0.162. The highest BCUT2D eigenvalue weighted by atomic mass is 16.3. The van der Waals surface area contributed by atoms with Gasteiger partial charge in [-0.25, -0.2) is 0 Å². The third-order valence-corrected chi connectivity index (χ3v) is 2.84. The Kier molecular flexibility index (Phi) is 7.35. The molecule has 1 unspecified atom stereocenters. The Hall–Kier alpha value is -1.88. The Morgan fingerprint density at radius 3 is 2.50 bits per heavy atom. The van der Waals surface area contributed by atoms with Crippen LogP contribution in [0.5, 0.6) is 0 Å². The molecular weight excluding hydrogens is 256 g/mol. The van der Waals surface area contributed by atoms with Crippen molar-refractivity contribution in [3.05, 3.63) is 35.9 Å². The molecule has 1 aromatic carbocycles. The van der Waals surface area contributed by atoms with E-state index in [2.05, 4.69) is 10.6 Å². The number of carbonyl (C=O) groups is 2. The van der Waals surface area contributed by atoms with Crippen molar-refractivity contribution in [2.75, 3.05) is 19.7 Å². The third-order valence-electron chi connectivity index (χ3n) is 2.84. The maximum atomic E-state index is 11.6. The average molecular weight is 278 g/mol. The minimum Gasteiger partial charge on any atom is -0.396 e. The lowest BCUT2D eigenvalue weighted by molar-refractivity contribution is -0.122. The van der Waals surface area contributed by atoms with E-state index in [4.69, 9.17) is 5.11 Å². The van der Waals surface area contributed by atoms with E-state index in [1.54, 1.807) is 0 Å². The van der Waals surface area contributed by atoms with E-state index < -0.39 is 0 Å². The van der Waals surface area contributed by atoms with E-state index in [0.29, 0.717) is 19.5 Å². The molecule has 0 aliphatic carbocycles. The van der Waals surface area contributed by atoms with Crippen LogP contribution in [-0.4, -0.2) is 36.6 Å². The van der Waals surface area contributed by atoms with Crippen LogP contribution < -0.4 is 10.6 Å². The molecule has 1 aromatic rings. The van der Waals surface area contributed by atoms with Gasteiger partial charge in [0.15, 0.2) is 0 Å². The lowest BCUT2D eigenvalue weighted by atomic mass is 10.1. The van der Waals surface area contributed by atoms with Gasteiger partial charge in [-0.2, -0.15) is 0 Å². The van der Waals surface area contributed by atoms with Gasteiger partial charge in [0.25, 0.3) is 0 Å². The zero-order valence-corrected chi connectivity index (χ0v) is 11.8. The Balaban J connectivity index is 2.14. The first kappa shape index (κ1) is 16.2. The number of hydrogen-bond acceptors (Lipinski definition) is 3. The van der Waals surface area contributed by atoms with Crippen molar-refractivity contribution in [3.63, 3.8) is 0 Å². The minimum absolute atomic E-state index is 0.0478. The molecule has 1 atom stereocenters. The number of aliphatic hydroxyl groups excluding tert-OH is 1. The van der Waals surface area contributed by atoms with Crippen LogP contribution in [0.2, 0.25) is 0 Å². The summed E-state index contributed by atoms with van der Waals surface area (Å²) in [6.07, 6.45) is 0.572. The van der Waals surface area contributed by atoms with Gasteiger partial charge >= 0.3 is 0 Å². The van der Waals surface area contributed by atoms with Gasteiger partial charge in [-0.1, -0.05) is 37.3 Å². The van der Waals surface area contributed by atoms with Crippen molar-refractivity contribution in [3.8, 4) is 0 Å². The second kappa shape index (κ2) is 9.09. The molecule has 3 N–H and O–H groups in total. The molecule has 0 fully saturated rings.